The van der Waals surface area contributed by atoms with Crippen molar-refractivity contribution in [2.45, 2.75) is 52.4 Å². The Morgan fingerprint density at radius 3 is 2.37 bits per heavy atom. The summed E-state index contributed by atoms with van der Waals surface area (Å²) in [4.78, 5) is 26.8. The standard InChI is InChI=1S/C22H27N3O2/c1-5-15(4)23-21(26)16-10-12-17(13-11-16)24-20-18-8-6-7-9-19(18)22(27)25(20)14(2)3/h6-15,20,24H,5H2,1-4H3,(H,23,26). The maximum absolute atomic E-state index is 12.7. The van der Waals surface area contributed by atoms with Gasteiger partial charge in [0.15, 0.2) is 0 Å². The Balaban J connectivity index is 1.80. The second-order valence-corrected chi connectivity index (χ2v) is 7.30. The lowest BCUT2D eigenvalue weighted by atomic mass is 10.1. The van der Waals surface area contributed by atoms with Gasteiger partial charge >= 0.3 is 0 Å². The number of anilines is 1. The number of amides is 2. The zero-order valence-electron chi connectivity index (χ0n) is 16.3. The molecule has 0 radical (unpaired) electrons. The molecule has 5 heteroatoms. The summed E-state index contributed by atoms with van der Waals surface area (Å²) in [5, 5.41) is 6.42. The van der Waals surface area contributed by atoms with Crippen LogP contribution in [0.15, 0.2) is 48.5 Å². The van der Waals surface area contributed by atoms with Crippen molar-refractivity contribution >= 4 is 17.5 Å². The summed E-state index contributed by atoms with van der Waals surface area (Å²) in [7, 11) is 0. The van der Waals surface area contributed by atoms with Crippen LogP contribution < -0.4 is 10.6 Å². The molecule has 2 atom stereocenters. The third-order valence-electron chi connectivity index (χ3n) is 5.00. The van der Waals surface area contributed by atoms with E-state index < -0.39 is 0 Å². The van der Waals surface area contributed by atoms with E-state index >= 15 is 0 Å². The van der Waals surface area contributed by atoms with E-state index in [1.54, 1.807) is 0 Å². The third kappa shape index (κ3) is 3.82. The molecule has 142 valence electrons. The molecule has 2 aromatic rings. The number of benzene rings is 2. The van der Waals surface area contributed by atoms with E-state index in [0.29, 0.717) is 5.56 Å². The molecule has 1 aliphatic heterocycles. The van der Waals surface area contributed by atoms with Crippen LogP contribution in [0.2, 0.25) is 0 Å². The zero-order chi connectivity index (χ0) is 19.6. The van der Waals surface area contributed by atoms with E-state index in [9.17, 15) is 9.59 Å². The van der Waals surface area contributed by atoms with Crippen molar-refractivity contribution in [1.29, 1.82) is 0 Å². The van der Waals surface area contributed by atoms with E-state index in [2.05, 4.69) is 10.6 Å². The van der Waals surface area contributed by atoms with Crippen LogP contribution in [0.4, 0.5) is 5.69 Å². The molecule has 2 amide bonds. The Morgan fingerprint density at radius 1 is 1.07 bits per heavy atom. The Morgan fingerprint density at radius 2 is 1.74 bits per heavy atom. The van der Waals surface area contributed by atoms with Crippen LogP contribution >= 0.6 is 0 Å². The van der Waals surface area contributed by atoms with Gasteiger partial charge in [0.1, 0.15) is 6.17 Å². The number of nitrogens with one attached hydrogen (secondary N) is 2. The molecule has 27 heavy (non-hydrogen) atoms. The van der Waals surface area contributed by atoms with E-state index in [1.807, 2.05) is 81.1 Å². The largest absolute Gasteiger partial charge is 0.361 e. The van der Waals surface area contributed by atoms with Gasteiger partial charge in [0.05, 0.1) is 0 Å². The van der Waals surface area contributed by atoms with E-state index in [0.717, 1.165) is 23.2 Å². The van der Waals surface area contributed by atoms with Gasteiger partial charge in [-0.05, 0) is 57.5 Å². The summed E-state index contributed by atoms with van der Waals surface area (Å²) in [5.41, 5.74) is 3.22. The van der Waals surface area contributed by atoms with E-state index in [1.165, 1.54) is 0 Å². The Kier molecular flexibility index (Phi) is 5.49. The molecule has 0 aromatic heterocycles. The van der Waals surface area contributed by atoms with Crippen LogP contribution in [0, 0.1) is 0 Å². The van der Waals surface area contributed by atoms with Gasteiger partial charge in [-0.2, -0.15) is 0 Å². The number of hydrogen-bond donors (Lipinski definition) is 2. The fourth-order valence-corrected chi connectivity index (χ4v) is 3.30. The molecule has 0 spiro atoms. The van der Waals surface area contributed by atoms with Crippen molar-refractivity contribution in [3.8, 4) is 0 Å². The van der Waals surface area contributed by atoms with Crippen LogP contribution in [-0.4, -0.2) is 28.8 Å². The molecule has 0 bridgehead atoms. The number of carbonyl (C=O) groups excluding carboxylic acids is 2. The van der Waals surface area contributed by atoms with Gasteiger partial charge in [0.2, 0.25) is 0 Å². The summed E-state index contributed by atoms with van der Waals surface area (Å²) in [5.74, 6) is -0.0243. The van der Waals surface area contributed by atoms with Crippen molar-refractivity contribution in [3.63, 3.8) is 0 Å². The van der Waals surface area contributed by atoms with E-state index in [-0.39, 0.29) is 30.1 Å². The maximum atomic E-state index is 12.7. The van der Waals surface area contributed by atoms with Gasteiger partial charge in [0.25, 0.3) is 11.8 Å². The van der Waals surface area contributed by atoms with Crippen LogP contribution in [0.1, 0.15) is 66.6 Å². The monoisotopic (exact) mass is 365 g/mol. The number of carbonyl (C=O) groups is 2. The number of fused-ring (bicyclic) bond motifs is 1. The fourth-order valence-electron chi connectivity index (χ4n) is 3.30. The molecule has 3 rings (SSSR count). The second-order valence-electron chi connectivity index (χ2n) is 7.30. The molecule has 0 saturated heterocycles. The van der Waals surface area contributed by atoms with Crippen molar-refractivity contribution in [2.24, 2.45) is 0 Å². The Bertz CT molecular complexity index is 830. The van der Waals surface area contributed by atoms with Crippen LogP contribution in [0.25, 0.3) is 0 Å². The highest BCUT2D eigenvalue weighted by Gasteiger charge is 2.37. The molecular weight excluding hydrogens is 338 g/mol. The molecule has 2 aromatic carbocycles. The number of rotatable bonds is 6. The SMILES string of the molecule is CCC(C)NC(=O)c1ccc(NC2c3ccccc3C(=O)N2C(C)C)cc1. The molecule has 1 heterocycles. The molecule has 0 saturated carbocycles. The van der Waals surface area contributed by atoms with Crippen molar-refractivity contribution in [2.75, 3.05) is 5.32 Å². The highest BCUT2D eigenvalue weighted by molar-refractivity contribution is 5.99. The Hall–Kier alpha value is -2.82. The summed E-state index contributed by atoms with van der Waals surface area (Å²) in [6, 6.07) is 15.3. The molecular formula is C22H27N3O2. The van der Waals surface area contributed by atoms with E-state index in [4.69, 9.17) is 0 Å². The quantitative estimate of drug-likeness (QED) is 0.807. The highest BCUT2D eigenvalue weighted by Crippen LogP contribution is 2.35. The molecule has 0 aliphatic carbocycles. The first-order valence-electron chi connectivity index (χ1n) is 9.51. The first kappa shape index (κ1) is 19.0. The van der Waals surface area contributed by atoms with Crippen molar-refractivity contribution < 1.29 is 9.59 Å². The van der Waals surface area contributed by atoms with Crippen molar-refractivity contribution in [1.82, 2.24) is 10.2 Å². The summed E-state index contributed by atoms with van der Waals surface area (Å²) >= 11 is 0. The van der Waals surface area contributed by atoms with Gasteiger partial charge < -0.3 is 15.5 Å². The lowest BCUT2D eigenvalue weighted by Crippen LogP contribution is -2.37. The smallest absolute Gasteiger partial charge is 0.256 e. The summed E-state index contributed by atoms with van der Waals surface area (Å²) < 4.78 is 0. The normalized spacial score (nSPS) is 17.0. The minimum atomic E-state index is -0.214. The van der Waals surface area contributed by atoms with Gasteiger partial charge in [0, 0.05) is 34.5 Å². The van der Waals surface area contributed by atoms with Crippen molar-refractivity contribution in [3.05, 3.63) is 65.2 Å². The predicted molar refractivity (Wildman–Crippen MR) is 108 cm³/mol. The van der Waals surface area contributed by atoms with Crippen LogP contribution in [0.3, 0.4) is 0 Å². The number of hydrogen-bond acceptors (Lipinski definition) is 3. The maximum Gasteiger partial charge on any atom is 0.256 e. The highest BCUT2D eigenvalue weighted by atomic mass is 16.2. The van der Waals surface area contributed by atoms with Gasteiger partial charge in [-0.1, -0.05) is 25.1 Å². The Labute approximate surface area is 160 Å². The summed E-state index contributed by atoms with van der Waals surface area (Å²) in [6.07, 6.45) is 0.680. The molecule has 2 N–H and O–H groups in total. The lowest BCUT2D eigenvalue weighted by molar-refractivity contribution is 0.0685. The van der Waals surface area contributed by atoms with Gasteiger partial charge in [-0.3, -0.25) is 9.59 Å². The van der Waals surface area contributed by atoms with Crippen LogP contribution in [0.5, 0.6) is 0 Å². The second kappa shape index (κ2) is 7.82. The molecule has 1 aliphatic rings. The predicted octanol–water partition coefficient (Wildman–Crippen LogP) is 4.19. The van der Waals surface area contributed by atoms with Gasteiger partial charge in [-0.25, -0.2) is 0 Å². The molecule has 5 nitrogen and oxygen atoms in total. The minimum absolute atomic E-state index is 0.0441. The zero-order valence-corrected chi connectivity index (χ0v) is 16.3. The van der Waals surface area contributed by atoms with Gasteiger partial charge in [-0.15, -0.1) is 0 Å². The first-order chi connectivity index (χ1) is 12.9. The minimum Gasteiger partial charge on any atom is -0.361 e. The van der Waals surface area contributed by atoms with Crippen LogP contribution in [-0.2, 0) is 0 Å². The molecule has 2 unspecified atom stereocenters. The molecule has 0 fully saturated rings. The number of nitrogens with zero attached hydrogens (tertiary/aromatic N) is 1. The summed E-state index contributed by atoms with van der Waals surface area (Å²) in [6.45, 7) is 8.06. The third-order valence-corrected chi connectivity index (χ3v) is 5.00. The fraction of sp³-hybridized carbons (Fsp3) is 0.364. The first-order valence-corrected chi connectivity index (χ1v) is 9.51. The topological polar surface area (TPSA) is 61.4 Å². The average molecular weight is 365 g/mol. The average Bonchev–Trinajstić information content (AvgIpc) is 2.94. The lowest BCUT2D eigenvalue weighted by Gasteiger charge is -2.30.